The van der Waals surface area contributed by atoms with Crippen LogP contribution in [0.25, 0.3) is 0 Å². The summed E-state index contributed by atoms with van der Waals surface area (Å²) < 4.78 is 1.91. The summed E-state index contributed by atoms with van der Waals surface area (Å²) in [7, 11) is 0. The van der Waals surface area contributed by atoms with E-state index in [1.54, 1.807) is 0 Å². The lowest BCUT2D eigenvalue weighted by Crippen LogP contribution is -2.13. The number of amides is 1. The highest BCUT2D eigenvalue weighted by molar-refractivity contribution is 9.11. The van der Waals surface area contributed by atoms with Gasteiger partial charge in [0, 0.05) is 15.4 Å². The molecular formula is C14H17Br2NO. The van der Waals surface area contributed by atoms with Crippen LogP contribution >= 0.6 is 31.9 Å². The van der Waals surface area contributed by atoms with Gasteiger partial charge in [-0.05, 0) is 46.5 Å². The molecule has 0 saturated heterocycles. The summed E-state index contributed by atoms with van der Waals surface area (Å²) >= 11 is 6.84. The second-order valence-electron chi connectivity index (χ2n) is 4.86. The highest BCUT2D eigenvalue weighted by Crippen LogP contribution is 2.29. The maximum atomic E-state index is 11.9. The molecular weight excluding hydrogens is 358 g/mol. The predicted octanol–water partition coefficient (Wildman–Crippen LogP) is 5.12. The molecule has 4 heteroatoms. The standard InChI is InChI=1S/C14H17Br2NO/c15-11-6-7-13(12(16)9-11)17-14(18)8-5-10-3-1-2-4-10/h6-7,9-10H,1-5,8H2,(H,17,18). The van der Waals surface area contributed by atoms with E-state index in [0.717, 1.165) is 27.0 Å². The van der Waals surface area contributed by atoms with Crippen LogP contribution in [0.5, 0.6) is 0 Å². The fourth-order valence-corrected chi connectivity index (χ4v) is 3.58. The van der Waals surface area contributed by atoms with Gasteiger partial charge in [0.15, 0.2) is 0 Å². The molecule has 1 aromatic rings. The zero-order chi connectivity index (χ0) is 13.0. The third-order valence-electron chi connectivity index (χ3n) is 3.46. The Labute approximate surface area is 125 Å². The van der Waals surface area contributed by atoms with E-state index in [1.807, 2.05) is 18.2 Å². The number of rotatable bonds is 4. The van der Waals surface area contributed by atoms with Crippen LogP contribution in [0, 0.1) is 5.92 Å². The zero-order valence-electron chi connectivity index (χ0n) is 10.2. The Morgan fingerprint density at radius 1 is 1.28 bits per heavy atom. The highest BCUT2D eigenvalue weighted by Gasteiger charge is 2.16. The molecule has 1 aromatic carbocycles. The van der Waals surface area contributed by atoms with Crippen LogP contribution in [0.15, 0.2) is 27.1 Å². The van der Waals surface area contributed by atoms with E-state index in [1.165, 1.54) is 25.7 Å². The van der Waals surface area contributed by atoms with Gasteiger partial charge in [-0.15, -0.1) is 0 Å². The second-order valence-corrected chi connectivity index (χ2v) is 6.63. The molecule has 1 aliphatic rings. The van der Waals surface area contributed by atoms with E-state index in [9.17, 15) is 4.79 Å². The minimum atomic E-state index is 0.116. The summed E-state index contributed by atoms with van der Waals surface area (Å²) in [5.41, 5.74) is 0.842. The number of hydrogen-bond donors (Lipinski definition) is 1. The topological polar surface area (TPSA) is 29.1 Å². The lowest BCUT2D eigenvalue weighted by molar-refractivity contribution is -0.116. The molecule has 98 valence electrons. The van der Waals surface area contributed by atoms with Crippen LogP contribution < -0.4 is 5.32 Å². The minimum absolute atomic E-state index is 0.116. The van der Waals surface area contributed by atoms with Gasteiger partial charge in [0.1, 0.15) is 0 Å². The average molecular weight is 375 g/mol. The maximum Gasteiger partial charge on any atom is 0.224 e. The van der Waals surface area contributed by atoms with Gasteiger partial charge >= 0.3 is 0 Å². The molecule has 1 saturated carbocycles. The number of nitrogens with one attached hydrogen (secondary N) is 1. The predicted molar refractivity (Wildman–Crippen MR) is 81.7 cm³/mol. The number of carbonyl (C=O) groups is 1. The average Bonchev–Trinajstić information content (AvgIpc) is 2.83. The van der Waals surface area contributed by atoms with E-state index >= 15 is 0 Å². The van der Waals surface area contributed by atoms with Crippen molar-refractivity contribution in [2.45, 2.75) is 38.5 Å². The number of hydrogen-bond acceptors (Lipinski definition) is 1. The number of halogens is 2. The molecule has 1 N–H and O–H groups in total. The fourth-order valence-electron chi connectivity index (χ4n) is 2.44. The smallest absolute Gasteiger partial charge is 0.224 e. The summed E-state index contributed by atoms with van der Waals surface area (Å²) in [6.45, 7) is 0. The van der Waals surface area contributed by atoms with Gasteiger partial charge in [0.05, 0.1) is 5.69 Å². The fraction of sp³-hybridized carbons (Fsp3) is 0.500. The van der Waals surface area contributed by atoms with Crippen LogP contribution in [0.4, 0.5) is 5.69 Å². The molecule has 1 fully saturated rings. The maximum absolute atomic E-state index is 11.9. The molecule has 0 aliphatic heterocycles. The van der Waals surface area contributed by atoms with Crippen molar-refractivity contribution < 1.29 is 4.79 Å². The molecule has 0 radical (unpaired) electrons. The molecule has 0 atom stereocenters. The Balaban J connectivity index is 1.82. The molecule has 1 aliphatic carbocycles. The Morgan fingerprint density at radius 2 is 2.00 bits per heavy atom. The minimum Gasteiger partial charge on any atom is -0.325 e. The molecule has 0 aromatic heterocycles. The van der Waals surface area contributed by atoms with Crippen LogP contribution in [0.1, 0.15) is 38.5 Å². The monoisotopic (exact) mass is 373 g/mol. The summed E-state index contributed by atoms with van der Waals surface area (Å²) in [4.78, 5) is 11.9. The van der Waals surface area contributed by atoms with Crippen LogP contribution in [0.3, 0.4) is 0 Å². The summed E-state index contributed by atoms with van der Waals surface area (Å²) in [5, 5.41) is 2.95. The van der Waals surface area contributed by atoms with E-state index in [0.29, 0.717) is 6.42 Å². The molecule has 2 rings (SSSR count). The van der Waals surface area contributed by atoms with E-state index in [2.05, 4.69) is 37.2 Å². The van der Waals surface area contributed by atoms with E-state index in [4.69, 9.17) is 0 Å². The van der Waals surface area contributed by atoms with Crippen molar-refractivity contribution in [2.75, 3.05) is 5.32 Å². The molecule has 0 unspecified atom stereocenters. The van der Waals surface area contributed by atoms with Gasteiger partial charge in [-0.25, -0.2) is 0 Å². The van der Waals surface area contributed by atoms with Crippen molar-refractivity contribution in [1.29, 1.82) is 0 Å². The molecule has 0 heterocycles. The van der Waals surface area contributed by atoms with Crippen molar-refractivity contribution in [2.24, 2.45) is 5.92 Å². The van der Waals surface area contributed by atoms with Crippen LogP contribution in [-0.4, -0.2) is 5.91 Å². The first-order valence-corrected chi connectivity index (χ1v) is 7.98. The van der Waals surface area contributed by atoms with Gasteiger partial charge in [0.25, 0.3) is 0 Å². The highest BCUT2D eigenvalue weighted by atomic mass is 79.9. The van der Waals surface area contributed by atoms with Gasteiger partial charge in [-0.3, -0.25) is 4.79 Å². The SMILES string of the molecule is O=C(CCC1CCCC1)Nc1ccc(Br)cc1Br. The molecule has 2 nitrogen and oxygen atoms in total. The second kappa shape index (κ2) is 6.71. The van der Waals surface area contributed by atoms with Crippen molar-refractivity contribution >= 4 is 43.5 Å². The first-order chi connectivity index (χ1) is 8.65. The van der Waals surface area contributed by atoms with Gasteiger partial charge in [0.2, 0.25) is 5.91 Å². The van der Waals surface area contributed by atoms with Crippen molar-refractivity contribution in [1.82, 2.24) is 0 Å². The molecule has 1 amide bonds. The normalized spacial score (nSPS) is 15.9. The van der Waals surface area contributed by atoms with Crippen LogP contribution in [-0.2, 0) is 4.79 Å². The lowest BCUT2D eigenvalue weighted by atomic mass is 10.0. The lowest BCUT2D eigenvalue weighted by Gasteiger charge is -2.10. The first kappa shape index (κ1) is 14.1. The Bertz CT molecular complexity index is 428. The number of anilines is 1. The summed E-state index contributed by atoms with van der Waals surface area (Å²) in [6.07, 6.45) is 6.94. The number of benzene rings is 1. The molecule has 0 bridgehead atoms. The van der Waals surface area contributed by atoms with Gasteiger partial charge < -0.3 is 5.32 Å². The molecule has 0 spiro atoms. The zero-order valence-corrected chi connectivity index (χ0v) is 13.4. The van der Waals surface area contributed by atoms with E-state index in [-0.39, 0.29) is 5.91 Å². The third-order valence-corrected chi connectivity index (χ3v) is 4.61. The quantitative estimate of drug-likeness (QED) is 0.778. The van der Waals surface area contributed by atoms with Crippen LogP contribution in [0.2, 0.25) is 0 Å². The Morgan fingerprint density at radius 3 is 2.67 bits per heavy atom. The molecule has 18 heavy (non-hydrogen) atoms. The Kier molecular flexibility index (Phi) is 5.25. The van der Waals surface area contributed by atoms with Crippen molar-refractivity contribution in [3.63, 3.8) is 0 Å². The summed E-state index contributed by atoms with van der Waals surface area (Å²) in [6, 6.07) is 5.77. The largest absolute Gasteiger partial charge is 0.325 e. The van der Waals surface area contributed by atoms with Gasteiger partial charge in [-0.1, -0.05) is 41.6 Å². The third kappa shape index (κ3) is 4.09. The van der Waals surface area contributed by atoms with E-state index < -0.39 is 0 Å². The number of carbonyl (C=O) groups excluding carboxylic acids is 1. The van der Waals surface area contributed by atoms with Crippen molar-refractivity contribution in [3.05, 3.63) is 27.1 Å². The van der Waals surface area contributed by atoms with Crippen molar-refractivity contribution in [3.8, 4) is 0 Å². The Hall–Kier alpha value is -0.350. The van der Waals surface area contributed by atoms with Gasteiger partial charge in [-0.2, -0.15) is 0 Å². The summed E-state index contributed by atoms with van der Waals surface area (Å²) in [5.74, 6) is 0.883. The first-order valence-electron chi connectivity index (χ1n) is 6.40.